The quantitative estimate of drug-likeness (QED) is 0.523. The Morgan fingerprint density at radius 3 is 2.91 bits per heavy atom. The molecule has 1 fully saturated rings. The molecule has 60 valence electrons. The minimum absolute atomic E-state index is 0.230. The van der Waals surface area contributed by atoms with Crippen molar-refractivity contribution >= 4 is 5.78 Å². The van der Waals surface area contributed by atoms with Crippen molar-refractivity contribution in [2.24, 2.45) is 5.41 Å². The molecule has 1 atom stereocenters. The molecule has 0 bridgehead atoms. The zero-order valence-electron chi connectivity index (χ0n) is 6.51. The lowest BCUT2D eigenvalue weighted by Crippen LogP contribution is -2.22. The summed E-state index contributed by atoms with van der Waals surface area (Å²) in [7, 11) is 0. The van der Waals surface area contributed by atoms with Crippen molar-refractivity contribution in [1.29, 1.82) is 0 Å². The molecule has 1 aliphatic carbocycles. The number of carbonyl (C=O) groups is 1. The van der Waals surface area contributed by atoms with Crippen LogP contribution >= 0.6 is 0 Å². The topological polar surface area (TPSA) is 26.3 Å². The van der Waals surface area contributed by atoms with Crippen LogP contribution in [0.15, 0.2) is 12.2 Å². The van der Waals surface area contributed by atoms with Crippen LogP contribution in [-0.2, 0) is 9.53 Å². The minimum Gasteiger partial charge on any atom is -0.381 e. The van der Waals surface area contributed by atoms with E-state index in [1.54, 1.807) is 6.08 Å². The summed E-state index contributed by atoms with van der Waals surface area (Å²) in [5.74, 6) is 0.266. The van der Waals surface area contributed by atoms with Gasteiger partial charge in [0.15, 0.2) is 5.78 Å². The molecule has 0 N–H and O–H groups in total. The van der Waals surface area contributed by atoms with Gasteiger partial charge in [0.25, 0.3) is 0 Å². The fourth-order valence-electron chi connectivity index (χ4n) is 1.76. The Labute approximate surface area is 66.2 Å². The highest BCUT2D eigenvalue weighted by molar-refractivity contribution is 5.90. The van der Waals surface area contributed by atoms with Crippen molar-refractivity contribution in [3.8, 4) is 0 Å². The Bertz CT molecular complexity index is 200. The minimum atomic E-state index is 0.230. The van der Waals surface area contributed by atoms with Crippen LogP contribution in [0.1, 0.15) is 19.3 Å². The van der Waals surface area contributed by atoms with E-state index >= 15 is 0 Å². The average molecular weight is 152 g/mol. The van der Waals surface area contributed by atoms with Crippen LogP contribution in [0.5, 0.6) is 0 Å². The zero-order valence-corrected chi connectivity index (χ0v) is 6.51. The lowest BCUT2D eigenvalue weighted by atomic mass is 9.78. The first-order chi connectivity index (χ1) is 5.31. The molecule has 0 aromatic rings. The van der Waals surface area contributed by atoms with E-state index in [0.717, 1.165) is 26.1 Å². The maximum atomic E-state index is 10.9. The Kier molecular flexibility index (Phi) is 1.57. The molecule has 0 radical (unpaired) electrons. The largest absolute Gasteiger partial charge is 0.381 e. The van der Waals surface area contributed by atoms with E-state index in [1.807, 2.05) is 6.08 Å². The molecule has 0 saturated carbocycles. The number of carbonyl (C=O) groups excluding carboxylic acids is 1. The lowest BCUT2D eigenvalue weighted by Gasteiger charge is -2.25. The smallest absolute Gasteiger partial charge is 0.155 e. The van der Waals surface area contributed by atoms with E-state index < -0.39 is 0 Å². The number of hydrogen-bond donors (Lipinski definition) is 0. The number of ether oxygens (including phenoxy) is 1. The van der Waals surface area contributed by atoms with Gasteiger partial charge < -0.3 is 4.74 Å². The Morgan fingerprint density at radius 1 is 1.45 bits per heavy atom. The number of ketones is 1. The summed E-state index contributed by atoms with van der Waals surface area (Å²) < 4.78 is 5.31. The van der Waals surface area contributed by atoms with Gasteiger partial charge in [0, 0.05) is 18.4 Å². The van der Waals surface area contributed by atoms with Gasteiger partial charge in [0.05, 0.1) is 6.61 Å². The third-order valence-corrected chi connectivity index (χ3v) is 2.63. The second-order valence-corrected chi connectivity index (χ2v) is 3.46. The lowest BCUT2D eigenvalue weighted by molar-refractivity contribution is -0.115. The normalized spacial score (nSPS) is 36.9. The maximum absolute atomic E-state index is 10.9. The van der Waals surface area contributed by atoms with E-state index in [9.17, 15) is 4.79 Å². The van der Waals surface area contributed by atoms with Gasteiger partial charge in [-0.15, -0.1) is 0 Å². The molecule has 2 rings (SSSR count). The molecule has 1 saturated heterocycles. The predicted molar refractivity (Wildman–Crippen MR) is 41.3 cm³/mol. The predicted octanol–water partition coefficient (Wildman–Crippen LogP) is 1.31. The highest BCUT2D eigenvalue weighted by Crippen LogP contribution is 2.37. The third-order valence-electron chi connectivity index (χ3n) is 2.63. The van der Waals surface area contributed by atoms with Crippen LogP contribution in [0.25, 0.3) is 0 Å². The first-order valence-electron chi connectivity index (χ1n) is 4.11. The van der Waals surface area contributed by atoms with Crippen LogP contribution in [0.2, 0.25) is 0 Å². The molecule has 2 nitrogen and oxygen atoms in total. The van der Waals surface area contributed by atoms with E-state index in [0.29, 0.717) is 6.42 Å². The SMILES string of the molecule is O=C1C=CC2(CCOC2)CC1. The Hall–Kier alpha value is -0.630. The maximum Gasteiger partial charge on any atom is 0.155 e. The summed E-state index contributed by atoms with van der Waals surface area (Å²) in [4.78, 5) is 10.9. The molecule has 2 aliphatic rings. The van der Waals surface area contributed by atoms with E-state index in [2.05, 4.69) is 0 Å². The average Bonchev–Trinajstić information content (AvgIpc) is 2.45. The number of allylic oxidation sites excluding steroid dienone is 1. The summed E-state index contributed by atoms with van der Waals surface area (Å²) in [6.07, 6.45) is 6.56. The van der Waals surface area contributed by atoms with Crippen molar-refractivity contribution in [1.82, 2.24) is 0 Å². The summed E-state index contributed by atoms with van der Waals surface area (Å²) in [5.41, 5.74) is 0.230. The van der Waals surface area contributed by atoms with Crippen molar-refractivity contribution in [2.45, 2.75) is 19.3 Å². The molecule has 1 unspecified atom stereocenters. The first kappa shape index (κ1) is 7.04. The van der Waals surface area contributed by atoms with Crippen molar-refractivity contribution in [3.63, 3.8) is 0 Å². The Morgan fingerprint density at radius 2 is 2.36 bits per heavy atom. The van der Waals surface area contributed by atoms with Crippen LogP contribution in [0.3, 0.4) is 0 Å². The van der Waals surface area contributed by atoms with Crippen molar-refractivity contribution < 1.29 is 9.53 Å². The zero-order chi connectivity index (χ0) is 7.73. The Balaban J connectivity index is 2.15. The van der Waals surface area contributed by atoms with Crippen molar-refractivity contribution in [2.75, 3.05) is 13.2 Å². The van der Waals surface area contributed by atoms with Crippen LogP contribution < -0.4 is 0 Å². The first-order valence-corrected chi connectivity index (χ1v) is 4.11. The van der Waals surface area contributed by atoms with Gasteiger partial charge in [0.2, 0.25) is 0 Å². The molecule has 2 heteroatoms. The highest BCUT2D eigenvalue weighted by Gasteiger charge is 2.34. The second kappa shape index (κ2) is 2.45. The van der Waals surface area contributed by atoms with Gasteiger partial charge in [-0.1, -0.05) is 6.08 Å². The molecule has 1 aliphatic heterocycles. The monoisotopic (exact) mass is 152 g/mol. The molecule has 0 aromatic carbocycles. The van der Waals surface area contributed by atoms with Gasteiger partial charge in [-0.2, -0.15) is 0 Å². The van der Waals surface area contributed by atoms with Gasteiger partial charge in [-0.3, -0.25) is 4.79 Å². The van der Waals surface area contributed by atoms with Gasteiger partial charge in [-0.05, 0) is 18.9 Å². The van der Waals surface area contributed by atoms with Crippen LogP contribution in [0, 0.1) is 5.41 Å². The molecule has 1 heterocycles. The fourth-order valence-corrected chi connectivity index (χ4v) is 1.76. The van der Waals surface area contributed by atoms with E-state index in [4.69, 9.17) is 4.74 Å². The summed E-state index contributed by atoms with van der Waals surface area (Å²) >= 11 is 0. The van der Waals surface area contributed by atoms with Gasteiger partial charge in [-0.25, -0.2) is 0 Å². The standard InChI is InChI=1S/C9H12O2/c10-8-1-3-9(4-2-8)5-6-11-7-9/h1,3H,2,4-7H2. The van der Waals surface area contributed by atoms with Crippen LogP contribution in [-0.4, -0.2) is 19.0 Å². The van der Waals surface area contributed by atoms with E-state index in [-0.39, 0.29) is 11.2 Å². The van der Waals surface area contributed by atoms with E-state index in [1.165, 1.54) is 0 Å². The summed E-state index contributed by atoms with van der Waals surface area (Å²) in [6, 6.07) is 0. The second-order valence-electron chi connectivity index (χ2n) is 3.46. The van der Waals surface area contributed by atoms with Crippen molar-refractivity contribution in [3.05, 3.63) is 12.2 Å². The number of hydrogen-bond acceptors (Lipinski definition) is 2. The molecule has 0 aromatic heterocycles. The number of rotatable bonds is 0. The highest BCUT2D eigenvalue weighted by atomic mass is 16.5. The third kappa shape index (κ3) is 1.23. The molecule has 11 heavy (non-hydrogen) atoms. The van der Waals surface area contributed by atoms with Gasteiger partial charge >= 0.3 is 0 Å². The molecule has 1 spiro atoms. The summed E-state index contributed by atoms with van der Waals surface area (Å²) in [6.45, 7) is 1.68. The van der Waals surface area contributed by atoms with Gasteiger partial charge in [0.1, 0.15) is 0 Å². The molecular formula is C9H12O2. The summed E-state index contributed by atoms with van der Waals surface area (Å²) in [5, 5.41) is 0. The fraction of sp³-hybridized carbons (Fsp3) is 0.667. The molecule has 0 amide bonds. The molecular weight excluding hydrogens is 140 g/mol. The van der Waals surface area contributed by atoms with Crippen LogP contribution in [0.4, 0.5) is 0 Å².